The molecule has 5 nitrogen and oxygen atoms in total. The third kappa shape index (κ3) is 5.24. The highest BCUT2D eigenvalue weighted by Gasteiger charge is 2.33. The molecule has 0 aliphatic rings. The van der Waals surface area contributed by atoms with Crippen molar-refractivity contribution >= 4 is 15.7 Å². The van der Waals surface area contributed by atoms with Crippen LogP contribution in [0.15, 0.2) is 18.2 Å². The Kier molecular flexibility index (Phi) is 5.57. The molecule has 0 aliphatic heterocycles. The van der Waals surface area contributed by atoms with Gasteiger partial charge in [-0.15, -0.1) is 0 Å². The number of halogens is 3. The van der Waals surface area contributed by atoms with E-state index >= 15 is 0 Å². The van der Waals surface area contributed by atoms with E-state index in [4.69, 9.17) is 5.26 Å². The van der Waals surface area contributed by atoms with Gasteiger partial charge in [0.05, 0.1) is 22.9 Å². The van der Waals surface area contributed by atoms with Crippen LogP contribution in [0.5, 0.6) is 0 Å². The van der Waals surface area contributed by atoms with Gasteiger partial charge in [-0.3, -0.25) is 0 Å². The minimum absolute atomic E-state index is 0.0431. The smallest absolute Gasteiger partial charge is 0.384 e. The molecule has 0 radical (unpaired) electrons. The molecule has 0 bridgehead atoms. The van der Waals surface area contributed by atoms with Crippen molar-refractivity contribution in [2.75, 3.05) is 24.2 Å². The summed E-state index contributed by atoms with van der Waals surface area (Å²) in [6.07, 6.45) is -4.64. The number of nitrogens with zero attached hydrogens (tertiary/aromatic N) is 1. The maximum atomic E-state index is 12.7. The number of rotatable bonds is 6. The molecule has 1 rings (SSSR count). The molecule has 9 heteroatoms. The molecule has 0 fully saturated rings. The molecule has 116 valence electrons. The van der Waals surface area contributed by atoms with Gasteiger partial charge in [-0.25, -0.2) is 13.1 Å². The predicted molar refractivity (Wildman–Crippen MR) is 72.1 cm³/mol. The zero-order valence-corrected chi connectivity index (χ0v) is 12.0. The molecule has 0 amide bonds. The quantitative estimate of drug-likeness (QED) is 0.839. The third-order valence-corrected chi connectivity index (χ3v) is 3.98. The first-order valence-corrected chi connectivity index (χ1v) is 7.67. The van der Waals surface area contributed by atoms with E-state index in [1.54, 1.807) is 6.92 Å². The number of hydrogen-bond donors (Lipinski definition) is 2. The minimum Gasteiger partial charge on any atom is -0.384 e. The number of sulfonamides is 1. The lowest BCUT2D eigenvalue weighted by Crippen LogP contribution is -2.29. The first kappa shape index (κ1) is 17.3. The standard InChI is InChI=1S/C12H14F3N3O2S/c1-2-18-21(19,20)6-5-17-10-4-3-9(8-16)11(7-10)12(13,14)15/h3-4,7,17-18H,2,5-6H2,1H3. The molecule has 0 saturated carbocycles. The van der Waals surface area contributed by atoms with Crippen LogP contribution in [0.3, 0.4) is 0 Å². The Bertz CT molecular complexity index is 636. The third-order valence-electron chi connectivity index (χ3n) is 2.51. The van der Waals surface area contributed by atoms with Crippen LogP contribution in [-0.4, -0.2) is 27.3 Å². The van der Waals surface area contributed by atoms with Crippen LogP contribution in [0.1, 0.15) is 18.1 Å². The van der Waals surface area contributed by atoms with Crippen molar-refractivity contribution < 1.29 is 21.6 Å². The maximum absolute atomic E-state index is 12.7. The van der Waals surface area contributed by atoms with Gasteiger partial charge < -0.3 is 5.32 Å². The average Bonchev–Trinajstić information content (AvgIpc) is 2.37. The summed E-state index contributed by atoms with van der Waals surface area (Å²) in [6, 6.07) is 4.61. The maximum Gasteiger partial charge on any atom is 0.417 e. The highest BCUT2D eigenvalue weighted by Crippen LogP contribution is 2.33. The van der Waals surface area contributed by atoms with Gasteiger partial charge in [0.15, 0.2) is 0 Å². The van der Waals surface area contributed by atoms with Crippen LogP contribution < -0.4 is 10.0 Å². The predicted octanol–water partition coefficient (Wildman–Crippen LogP) is 1.93. The summed E-state index contributed by atoms with van der Waals surface area (Å²) in [7, 11) is -3.44. The summed E-state index contributed by atoms with van der Waals surface area (Å²) in [5.41, 5.74) is -1.43. The summed E-state index contributed by atoms with van der Waals surface area (Å²) in [4.78, 5) is 0. The molecule has 21 heavy (non-hydrogen) atoms. The van der Waals surface area contributed by atoms with Crippen LogP contribution in [0, 0.1) is 11.3 Å². The Morgan fingerprint density at radius 3 is 2.52 bits per heavy atom. The fourth-order valence-corrected chi connectivity index (χ4v) is 2.56. The molecular weight excluding hydrogens is 307 g/mol. The van der Waals surface area contributed by atoms with Gasteiger partial charge in [0.1, 0.15) is 0 Å². The molecule has 0 spiro atoms. The lowest BCUT2D eigenvalue weighted by atomic mass is 10.1. The van der Waals surface area contributed by atoms with Crippen molar-refractivity contribution in [3.8, 4) is 6.07 Å². The van der Waals surface area contributed by atoms with Crippen molar-refractivity contribution in [3.05, 3.63) is 29.3 Å². The van der Waals surface area contributed by atoms with E-state index in [-0.39, 0.29) is 24.5 Å². The normalized spacial score (nSPS) is 12.0. The van der Waals surface area contributed by atoms with E-state index in [1.165, 1.54) is 12.1 Å². The van der Waals surface area contributed by atoms with Gasteiger partial charge in [0, 0.05) is 18.8 Å². The van der Waals surface area contributed by atoms with E-state index in [2.05, 4.69) is 10.0 Å². The monoisotopic (exact) mass is 321 g/mol. The number of hydrogen-bond acceptors (Lipinski definition) is 4. The number of alkyl halides is 3. The Morgan fingerprint density at radius 2 is 2.00 bits per heavy atom. The average molecular weight is 321 g/mol. The number of nitriles is 1. The molecule has 2 N–H and O–H groups in total. The molecule has 0 atom stereocenters. The molecule has 0 aromatic heterocycles. The molecular formula is C12H14F3N3O2S. The van der Waals surface area contributed by atoms with E-state index < -0.39 is 27.3 Å². The summed E-state index contributed by atoms with van der Waals surface area (Å²) in [6.45, 7) is 1.83. The van der Waals surface area contributed by atoms with E-state index in [0.29, 0.717) is 0 Å². The van der Waals surface area contributed by atoms with Crippen LogP contribution in [0.4, 0.5) is 18.9 Å². The SMILES string of the molecule is CCNS(=O)(=O)CCNc1ccc(C#N)c(C(F)(F)F)c1. The molecule has 0 saturated heterocycles. The first-order valence-electron chi connectivity index (χ1n) is 6.02. The Hall–Kier alpha value is -1.79. The van der Waals surface area contributed by atoms with Crippen LogP contribution in [0.25, 0.3) is 0 Å². The number of nitrogens with one attached hydrogen (secondary N) is 2. The Morgan fingerprint density at radius 1 is 1.33 bits per heavy atom. The van der Waals surface area contributed by atoms with Gasteiger partial charge in [-0.2, -0.15) is 18.4 Å². The number of benzene rings is 1. The minimum atomic E-state index is -4.64. The van der Waals surface area contributed by atoms with Crippen molar-refractivity contribution in [1.29, 1.82) is 5.26 Å². The van der Waals surface area contributed by atoms with Crippen molar-refractivity contribution in [1.82, 2.24) is 4.72 Å². The molecule has 1 aromatic carbocycles. The summed E-state index contributed by atoms with van der Waals surface area (Å²) >= 11 is 0. The van der Waals surface area contributed by atoms with Crippen molar-refractivity contribution in [2.45, 2.75) is 13.1 Å². The lowest BCUT2D eigenvalue weighted by molar-refractivity contribution is -0.137. The topological polar surface area (TPSA) is 82.0 Å². The van der Waals surface area contributed by atoms with Crippen LogP contribution in [-0.2, 0) is 16.2 Å². The van der Waals surface area contributed by atoms with E-state index in [0.717, 1.165) is 12.1 Å². The second kappa shape index (κ2) is 6.78. The van der Waals surface area contributed by atoms with Crippen molar-refractivity contribution in [3.63, 3.8) is 0 Å². The van der Waals surface area contributed by atoms with Gasteiger partial charge in [-0.05, 0) is 18.2 Å². The highest BCUT2D eigenvalue weighted by molar-refractivity contribution is 7.89. The van der Waals surface area contributed by atoms with Crippen LogP contribution in [0.2, 0.25) is 0 Å². The Balaban J connectivity index is 2.81. The highest BCUT2D eigenvalue weighted by atomic mass is 32.2. The summed E-state index contributed by atoms with van der Waals surface area (Å²) < 4.78 is 63.2. The molecule has 0 heterocycles. The fourth-order valence-electron chi connectivity index (χ4n) is 1.61. The van der Waals surface area contributed by atoms with Crippen LogP contribution >= 0.6 is 0 Å². The Labute approximate surface area is 120 Å². The zero-order chi connectivity index (χ0) is 16.1. The van der Waals surface area contributed by atoms with Gasteiger partial charge in [0.25, 0.3) is 0 Å². The van der Waals surface area contributed by atoms with E-state index in [9.17, 15) is 21.6 Å². The first-order chi connectivity index (χ1) is 9.69. The second-order valence-corrected chi connectivity index (χ2v) is 6.04. The largest absolute Gasteiger partial charge is 0.417 e. The molecule has 0 aliphatic carbocycles. The molecule has 0 unspecified atom stereocenters. The number of anilines is 1. The van der Waals surface area contributed by atoms with Gasteiger partial charge in [0.2, 0.25) is 10.0 Å². The zero-order valence-electron chi connectivity index (χ0n) is 11.2. The van der Waals surface area contributed by atoms with Gasteiger partial charge >= 0.3 is 6.18 Å². The summed E-state index contributed by atoms with van der Waals surface area (Å²) in [5, 5.41) is 11.3. The summed E-state index contributed by atoms with van der Waals surface area (Å²) in [5.74, 6) is -0.262. The lowest BCUT2D eigenvalue weighted by Gasteiger charge is -2.12. The fraction of sp³-hybridized carbons (Fsp3) is 0.417. The van der Waals surface area contributed by atoms with Crippen molar-refractivity contribution in [2.24, 2.45) is 0 Å². The van der Waals surface area contributed by atoms with E-state index in [1.807, 2.05) is 0 Å². The molecule has 1 aromatic rings. The second-order valence-electron chi connectivity index (χ2n) is 4.11. The van der Waals surface area contributed by atoms with Gasteiger partial charge in [-0.1, -0.05) is 6.92 Å².